The summed E-state index contributed by atoms with van der Waals surface area (Å²) in [5.74, 6) is -0.0679. The summed E-state index contributed by atoms with van der Waals surface area (Å²) in [6, 6.07) is 7.87. The third kappa shape index (κ3) is 3.24. The van der Waals surface area contributed by atoms with Crippen molar-refractivity contribution in [3.63, 3.8) is 0 Å². The SMILES string of the molecule is COc1ccccc1CC(C)(C)c1nc(C)c(C(=O)O)s1. The van der Waals surface area contributed by atoms with E-state index in [0.717, 1.165) is 22.7 Å². The topological polar surface area (TPSA) is 59.4 Å². The number of aromatic nitrogens is 1. The Kier molecular flexibility index (Phi) is 4.32. The Hall–Kier alpha value is -1.88. The number of hydrogen-bond donors (Lipinski definition) is 1. The predicted octanol–water partition coefficient (Wildman–Crippen LogP) is 3.68. The third-order valence-electron chi connectivity index (χ3n) is 3.39. The van der Waals surface area contributed by atoms with Crippen LogP contribution in [0.15, 0.2) is 24.3 Å². The minimum absolute atomic E-state index is 0.252. The maximum Gasteiger partial charge on any atom is 0.347 e. The number of aryl methyl sites for hydroxylation is 1. The number of carboxylic acid groups (broad SMARTS) is 1. The van der Waals surface area contributed by atoms with Crippen LogP contribution in [0, 0.1) is 6.92 Å². The van der Waals surface area contributed by atoms with Crippen LogP contribution in [0.4, 0.5) is 0 Å². The van der Waals surface area contributed by atoms with Gasteiger partial charge in [-0.25, -0.2) is 9.78 Å². The second-order valence-corrected chi connectivity index (χ2v) is 6.61. The largest absolute Gasteiger partial charge is 0.496 e. The van der Waals surface area contributed by atoms with Gasteiger partial charge in [-0.1, -0.05) is 32.0 Å². The Morgan fingerprint density at radius 3 is 2.62 bits per heavy atom. The first-order chi connectivity index (χ1) is 9.85. The lowest BCUT2D eigenvalue weighted by atomic mass is 9.86. The fraction of sp³-hybridized carbons (Fsp3) is 0.375. The number of ether oxygens (including phenoxy) is 1. The van der Waals surface area contributed by atoms with E-state index >= 15 is 0 Å². The molecule has 112 valence electrons. The number of nitrogens with zero attached hydrogens (tertiary/aromatic N) is 1. The van der Waals surface area contributed by atoms with Gasteiger partial charge in [-0.15, -0.1) is 11.3 Å². The Morgan fingerprint density at radius 2 is 2.05 bits per heavy atom. The summed E-state index contributed by atoms with van der Waals surface area (Å²) in [5.41, 5.74) is 1.42. The van der Waals surface area contributed by atoms with E-state index in [1.807, 2.05) is 24.3 Å². The molecule has 0 aliphatic carbocycles. The summed E-state index contributed by atoms with van der Waals surface area (Å²) < 4.78 is 5.38. The molecule has 0 saturated carbocycles. The van der Waals surface area contributed by atoms with Gasteiger partial charge in [0, 0.05) is 5.41 Å². The number of methoxy groups -OCH3 is 1. The van der Waals surface area contributed by atoms with Crippen molar-refractivity contribution in [2.24, 2.45) is 0 Å². The van der Waals surface area contributed by atoms with Crippen LogP contribution >= 0.6 is 11.3 Å². The smallest absolute Gasteiger partial charge is 0.347 e. The molecule has 1 heterocycles. The molecule has 0 amide bonds. The van der Waals surface area contributed by atoms with E-state index in [0.29, 0.717) is 10.6 Å². The van der Waals surface area contributed by atoms with Gasteiger partial charge in [0.15, 0.2) is 0 Å². The van der Waals surface area contributed by atoms with Crippen molar-refractivity contribution in [1.82, 2.24) is 4.98 Å². The van der Waals surface area contributed by atoms with Crippen molar-refractivity contribution in [1.29, 1.82) is 0 Å². The number of carboxylic acids is 1. The highest BCUT2D eigenvalue weighted by molar-refractivity contribution is 7.13. The Bertz CT molecular complexity index is 661. The molecular formula is C16H19NO3S. The van der Waals surface area contributed by atoms with Crippen molar-refractivity contribution < 1.29 is 14.6 Å². The fourth-order valence-corrected chi connectivity index (χ4v) is 3.29. The van der Waals surface area contributed by atoms with Crippen LogP contribution < -0.4 is 4.74 Å². The van der Waals surface area contributed by atoms with Crippen LogP contribution in [0.2, 0.25) is 0 Å². The van der Waals surface area contributed by atoms with E-state index in [4.69, 9.17) is 9.84 Å². The molecular weight excluding hydrogens is 286 g/mol. The molecule has 21 heavy (non-hydrogen) atoms. The number of hydrogen-bond acceptors (Lipinski definition) is 4. The molecule has 0 fully saturated rings. The molecule has 0 unspecified atom stereocenters. The molecule has 1 aromatic carbocycles. The van der Waals surface area contributed by atoms with Gasteiger partial charge in [-0.2, -0.15) is 0 Å². The van der Waals surface area contributed by atoms with E-state index in [1.165, 1.54) is 11.3 Å². The second-order valence-electron chi connectivity index (χ2n) is 5.61. The van der Waals surface area contributed by atoms with E-state index in [1.54, 1.807) is 14.0 Å². The minimum atomic E-state index is -0.913. The number of thiazole rings is 1. The first-order valence-corrected chi connectivity index (χ1v) is 7.50. The van der Waals surface area contributed by atoms with Crippen LogP contribution in [0.25, 0.3) is 0 Å². The predicted molar refractivity (Wildman–Crippen MR) is 83.5 cm³/mol. The maximum absolute atomic E-state index is 11.2. The first-order valence-electron chi connectivity index (χ1n) is 6.68. The summed E-state index contributed by atoms with van der Waals surface area (Å²) in [7, 11) is 1.65. The van der Waals surface area contributed by atoms with Gasteiger partial charge >= 0.3 is 5.97 Å². The molecule has 0 saturated heterocycles. The number of para-hydroxylation sites is 1. The minimum Gasteiger partial charge on any atom is -0.496 e. The highest BCUT2D eigenvalue weighted by Crippen LogP contribution is 2.34. The molecule has 5 heteroatoms. The number of aromatic carboxylic acids is 1. The van der Waals surface area contributed by atoms with Gasteiger partial charge in [0.1, 0.15) is 10.6 Å². The van der Waals surface area contributed by atoms with E-state index < -0.39 is 5.97 Å². The fourth-order valence-electron chi connectivity index (χ4n) is 2.29. The van der Waals surface area contributed by atoms with Gasteiger partial charge in [-0.05, 0) is 25.0 Å². The molecule has 1 N–H and O–H groups in total. The van der Waals surface area contributed by atoms with E-state index in [-0.39, 0.29) is 5.41 Å². The molecule has 0 bridgehead atoms. The number of carbonyl (C=O) groups is 1. The molecule has 0 radical (unpaired) electrons. The molecule has 1 aromatic heterocycles. The quantitative estimate of drug-likeness (QED) is 0.915. The van der Waals surface area contributed by atoms with Crippen molar-refractivity contribution in [2.75, 3.05) is 7.11 Å². The van der Waals surface area contributed by atoms with Gasteiger partial charge < -0.3 is 9.84 Å². The standard InChI is InChI=1S/C16H19NO3S/c1-10-13(14(18)19)21-15(17-10)16(2,3)9-11-7-5-6-8-12(11)20-4/h5-8H,9H2,1-4H3,(H,18,19). The van der Waals surface area contributed by atoms with Crippen molar-refractivity contribution in [3.8, 4) is 5.75 Å². The van der Waals surface area contributed by atoms with Crippen LogP contribution in [0.3, 0.4) is 0 Å². The molecule has 4 nitrogen and oxygen atoms in total. The third-order valence-corrected chi connectivity index (χ3v) is 4.91. The van der Waals surface area contributed by atoms with Crippen molar-refractivity contribution in [3.05, 3.63) is 45.4 Å². The molecule has 0 aliphatic heterocycles. The highest BCUT2D eigenvalue weighted by Gasteiger charge is 2.28. The average molecular weight is 305 g/mol. The zero-order chi connectivity index (χ0) is 15.6. The normalized spacial score (nSPS) is 11.4. The van der Waals surface area contributed by atoms with Crippen molar-refractivity contribution in [2.45, 2.75) is 32.6 Å². The van der Waals surface area contributed by atoms with Gasteiger partial charge in [0.2, 0.25) is 0 Å². The Balaban J connectivity index is 2.33. The highest BCUT2D eigenvalue weighted by atomic mass is 32.1. The summed E-state index contributed by atoms with van der Waals surface area (Å²) in [4.78, 5) is 15.9. The number of benzene rings is 1. The lowest BCUT2D eigenvalue weighted by Crippen LogP contribution is -2.20. The summed E-state index contributed by atoms with van der Waals surface area (Å²) in [6.07, 6.45) is 0.739. The monoisotopic (exact) mass is 305 g/mol. The molecule has 0 aliphatic rings. The Morgan fingerprint density at radius 1 is 1.38 bits per heavy atom. The zero-order valence-electron chi connectivity index (χ0n) is 12.6. The summed E-state index contributed by atoms with van der Waals surface area (Å²) in [6.45, 7) is 5.88. The van der Waals surface area contributed by atoms with Crippen LogP contribution in [-0.2, 0) is 11.8 Å². The molecule has 0 atom stereocenters. The lowest BCUT2D eigenvalue weighted by Gasteiger charge is -2.23. The molecule has 0 spiro atoms. The van der Waals surface area contributed by atoms with Gasteiger partial charge in [0.05, 0.1) is 17.8 Å². The van der Waals surface area contributed by atoms with Gasteiger partial charge in [-0.3, -0.25) is 0 Å². The van der Waals surface area contributed by atoms with Crippen LogP contribution in [-0.4, -0.2) is 23.2 Å². The van der Waals surface area contributed by atoms with Crippen LogP contribution in [0.5, 0.6) is 5.75 Å². The van der Waals surface area contributed by atoms with Crippen LogP contribution in [0.1, 0.15) is 39.8 Å². The van der Waals surface area contributed by atoms with Gasteiger partial charge in [0.25, 0.3) is 0 Å². The lowest BCUT2D eigenvalue weighted by molar-refractivity contribution is 0.0701. The summed E-state index contributed by atoms with van der Waals surface area (Å²) >= 11 is 1.26. The van der Waals surface area contributed by atoms with E-state index in [2.05, 4.69) is 18.8 Å². The van der Waals surface area contributed by atoms with E-state index in [9.17, 15) is 4.79 Å². The molecule has 2 aromatic rings. The Labute approximate surface area is 128 Å². The first kappa shape index (κ1) is 15.5. The number of rotatable bonds is 5. The average Bonchev–Trinajstić information content (AvgIpc) is 2.82. The molecule has 2 rings (SSSR count). The zero-order valence-corrected chi connectivity index (χ0v) is 13.5. The van der Waals surface area contributed by atoms with Crippen molar-refractivity contribution >= 4 is 17.3 Å². The summed E-state index contributed by atoms with van der Waals surface area (Å²) in [5, 5.41) is 10.0. The second kappa shape index (κ2) is 5.85. The maximum atomic E-state index is 11.2.